The molecule has 1 nitrogen and oxygen atoms in total. The maximum atomic E-state index is 3.81. The molecule has 0 aliphatic carbocycles. The summed E-state index contributed by atoms with van der Waals surface area (Å²) in [5, 5.41) is 3.81. The van der Waals surface area contributed by atoms with E-state index in [0.29, 0.717) is 0 Å². The third-order valence-electron chi connectivity index (χ3n) is 4.35. The minimum absolute atomic E-state index is 0.188. The van der Waals surface area contributed by atoms with E-state index in [0.717, 1.165) is 0 Å². The standard InChI is InChI=1S/C22H23N/c1-17-11-9-10-16-21(17)22(20-14-7-4-8-15-20)23-18(2)19-12-5-3-6-13-19/h3-16,18,22-23H,1-2H3. The van der Waals surface area contributed by atoms with E-state index in [2.05, 4.69) is 104 Å². The van der Waals surface area contributed by atoms with Crippen LogP contribution in [0.3, 0.4) is 0 Å². The van der Waals surface area contributed by atoms with Crippen molar-refractivity contribution in [2.75, 3.05) is 0 Å². The van der Waals surface area contributed by atoms with Crippen molar-refractivity contribution in [3.05, 3.63) is 107 Å². The third-order valence-corrected chi connectivity index (χ3v) is 4.35. The van der Waals surface area contributed by atoms with Crippen LogP contribution in [-0.2, 0) is 0 Å². The van der Waals surface area contributed by atoms with Gasteiger partial charge in [0, 0.05) is 6.04 Å². The van der Waals surface area contributed by atoms with Crippen molar-refractivity contribution >= 4 is 0 Å². The highest BCUT2D eigenvalue weighted by Gasteiger charge is 2.18. The van der Waals surface area contributed by atoms with Crippen LogP contribution in [0.4, 0.5) is 0 Å². The number of hydrogen-bond acceptors (Lipinski definition) is 1. The number of benzene rings is 3. The Bertz CT molecular complexity index is 734. The molecule has 1 heteroatoms. The molecule has 0 amide bonds. The van der Waals surface area contributed by atoms with E-state index in [4.69, 9.17) is 0 Å². The summed E-state index contributed by atoms with van der Waals surface area (Å²) in [4.78, 5) is 0. The molecular weight excluding hydrogens is 278 g/mol. The van der Waals surface area contributed by atoms with Gasteiger partial charge in [-0.3, -0.25) is 5.32 Å². The zero-order chi connectivity index (χ0) is 16.1. The molecule has 2 unspecified atom stereocenters. The molecule has 0 saturated carbocycles. The molecule has 0 spiro atoms. The van der Waals surface area contributed by atoms with Crippen molar-refractivity contribution in [3.8, 4) is 0 Å². The molecule has 3 aromatic rings. The molecule has 0 bridgehead atoms. The first kappa shape index (κ1) is 15.5. The van der Waals surface area contributed by atoms with E-state index < -0.39 is 0 Å². The Morgan fingerprint density at radius 3 is 1.78 bits per heavy atom. The van der Waals surface area contributed by atoms with E-state index in [9.17, 15) is 0 Å². The summed E-state index contributed by atoms with van der Waals surface area (Å²) in [6, 6.07) is 30.4. The largest absolute Gasteiger partial charge is 0.300 e. The molecule has 3 aromatic carbocycles. The van der Waals surface area contributed by atoms with Gasteiger partial charge in [-0.05, 0) is 36.1 Å². The smallest absolute Gasteiger partial charge is 0.0583 e. The minimum atomic E-state index is 0.188. The maximum Gasteiger partial charge on any atom is 0.0583 e. The van der Waals surface area contributed by atoms with Crippen molar-refractivity contribution in [3.63, 3.8) is 0 Å². The first-order valence-electron chi connectivity index (χ1n) is 8.17. The topological polar surface area (TPSA) is 12.0 Å². The molecule has 1 N–H and O–H groups in total. The lowest BCUT2D eigenvalue weighted by Crippen LogP contribution is -2.26. The van der Waals surface area contributed by atoms with Gasteiger partial charge in [0.25, 0.3) is 0 Å². The van der Waals surface area contributed by atoms with E-state index in [1.54, 1.807) is 0 Å². The van der Waals surface area contributed by atoms with Gasteiger partial charge in [-0.15, -0.1) is 0 Å². The van der Waals surface area contributed by atoms with E-state index in [1.807, 2.05) is 0 Å². The van der Waals surface area contributed by atoms with Crippen molar-refractivity contribution in [2.45, 2.75) is 25.9 Å². The lowest BCUT2D eigenvalue weighted by molar-refractivity contribution is 0.515. The van der Waals surface area contributed by atoms with Gasteiger partial charge in [0.05, 0.1) is 6.04 Å². The summed E-state index contributed by atoms with van der Waals surface area (Å²) >= 11 is 0. The van der Waals surface area contributed by atoms with Crippen molar-refractivity contribution in [1.29, 1.82) is 0 Å². The maximum absolute atomic E-state index is 3.81. The molecule has 116 valence electrons. The zero-order valence-electron chi connectivity index (χ0n) is 13.7. The average molecular weight is 301 g/mol. The molecule has 0 heterocycles. The second kappa shape index (κ2) is 7.26. The Morgan fingerprint density at radius 2 is 1.17 bits per heavy atom. The van der Waals surface area contributed by atoms with Gasteiger partial charge < -0.3 is 0 Å². The fourth-order valence-corrected chi connectivity index (χ4v) is 3.01. The lowest BCUT2D eigenvalue weighted by Gasteiger charge is -2.26. The fourth-order valence-electron chi connectivity index (χ4n) is 3.01. The molecular formula is C22H23N. The number of rotatable bonds is 5. The summed E-state index contributed by atoms with van der Waals surface area (Å²) < 4.78 is 0. The SMILES string of the molecule is Cc1ccccc1C(NC(C)c1ccccc1)c1ccccc1. The van der Waals surface area contributed by atoms with E-state index in [1.165, 1.54) is 22.3 Å². The third kappa shape index (κ3) is 3.69. The highest BCUT2D eigenvalue weighted by molar-refractivity contribution is 5.37. The summed E-state index contributed by atoms with van der Waals surface area (Å²) in [5.41, 5.74) is 5.25. The highest BCUT2D eigenvalue weighted by Crippen LogP contribution is 2.28. The monoisotopic (exact) mass is 301 g/mol. The molecule has 23 heavy (non-hydrogen) atoms. The first-order chi connectivity index (χ1) is 11.3. The van der Waals surface area contributed by atoms with Crippen LogP contribution in [-0.4, -0.2) is 0 Å². The van der Waals surface area contributed by atoms with E-state index in [-0.39, 0.29) is 12.1 Å². The Hall–Kier alpha value is -2.38. The lowest BCUT2D eigenvalue weighted by atomic mass is 9.93. The fraction of sp³-hybridized carbons (Fsp3) is 0.182. The van der Waals surface area contributed by atoms with Gasteiger partial charge in [0.1, 0.15) is 0 Å². The second-order valence-electron chi connectivity index (χ2n) is 6.00. The molecule has 0 aliphatic heterocycles. The molecule has 0 aromatic heterocycles. The quantitative estimate of drug-likeness (QED) is 0.662. The van der Waals surface area contributed by atoms with Crippen LogP contribution in [0.15, 0.2) is 84.9 Å². The van der Waals surface area contributed by atoms with Crippen LogP contribution in [0.2, 0.25) is 0 Å². The molecule has 3 rings (SSSR count). The molecule has 0 saturated heterocycles. The Balaban J connectivity index is 1.95. The summed E-state index contributed by atoms with van der Waals surface area (Å²) in [7, 11) is 0. The minimum Gasteiger partial charge on any atom is -0.300 e. The van der Waals surface area contributed by atoms with Gasteiger partial charge in [-0.25, -0.2) is 0 Å². The molecule has 0 aliphatic rings. The molecule has 0 radical (unpaired) electrons. The van der Waals surface area contributed by atoms with Crippen LogP contribution in [0.5, 0.6) is 0 Å². The summed E-state index contributed by atoms with van der Waals surface area (Å²) in [6.07, 6.45) is 0. The van der Waals surface area contributed by atoms with Gasteiger partial charge in [-0.2, -0.15) is 0 Å². The predicted octanol–water partition coefficient (Wildman–Crippen LogP) is 5.44. The summed E-state index contributed by atoms with van der Waals surface area (Å²) in [6.45, 7) is 4.41. The highest BCUT2D eigenvalue weighted by atomic mass is 14.9. The van der Waals surface area contributed by atoms with Crippen LogP contribution >= 0.6 is 0 Å². The van der Waals surface area contributed by atoms with Crippen LogP contribution in [0.1, 0.15) is 41.3 Å². The van der Waals surface area contributed by atoms with Crippen LogP contribution in [0.25, 0.3) is 0 Å². The van der Waals surface area contributed by atoms with E-state index >= 15 is 0 Å². The van der Waals surface area contributed by atoms with Gasteiger partial charge in [0.2, 0.25) is 0 Å². The number of hydrogen-bond donors (Lipinski definition) is 1. The zero-order valence-corrected chi connectivity index (χ0v) is 13.7. The Labute approximate surface area is 139 Å². The van der Waals surface area contributed by atoms with Crippen molar-refractivity contribution in [2.24, 2.45) is 0 Å². The van der Waals surface area contributed by atoms with Crippen LogP contribution in [0, 0.1) is 6.92 Å². The predicted molar refractivity (Wildman–Crippen MR) is 97.5 cm³/mol. The average Bonchev–Trinajstić information content (AvgIpc) is 2.62. The number of aryl methyl sites for hydroxylation is 1. The van der Waals surface area contributed by atoms with Crippen LogP contribution < -0.4 is 5.32 Å². The van der Waals surface area contributed by atoms with Crippen molar-refractivity contribution in [1.82, 2.24) is 5.32 Å². The van der Waals surface area contributed by atoms with Gasteiger partial charge in [-0.1, -0.05) is 84.9 Å². The second-order valence-corrected chi connectivity index (χ2v) is 6.00. The van der Waals surface area contributed by atoms with Gasteiger partial charge in [0.15, 0.2) is 0 Å². The Morgan fingerprint density at radius 1 is 0.652 bits per heavy atom. The van der Waals surface area contributed by atoms with Crippen molar-refractivity contribution < 1.29 is 0 Å². The van der Waals surface area contributed by atoms with Gasteiger partial charge >= 0.3 is 0 Å². The first-order valence-corrected chi connectivity index (χ1v) is 8.17. The Kier molecular flexibility index (Phi) is 4.89. The number of nitrogens with one attached hydrogen (secondary N) is 1. The summed E-state index contributed by atoms with van der Waals surface area (Å²) in [5.74, 6) is 0. The normalized spacial score (nSPS) is 13.5. The molecule has 0 fully saturated rings. The molecule has 2 atom stereocenters.